The van der Waals surface area contributed by atoms with Crippen LogP contribution in [0, 0.1) is 6.92 Å². The Labute approximate surface area is 114 Å². The molecule has 2 aromatic rings. The number of alkyl halides is 1. The van der Waals surface area contributed by atoms with Crippen LogP contribution in [-0.2, 0) is 0 Å². The Hall–Kier alpha value is -1.60. The molecule has 0 amide bonds. The molecule has 0 aromatic heterocycles. The first-order valence-corrected chi connectivity index (χ1v) is 6.62. The molecular weight excluding hydrogens is 242 g/mol. The van der Waals surface area contributed by atoms with Crippen LogP contribution in [0.4, 0.5) is 5.69 Å². The molecule has 0 fully saturated rings. The van der Waals surface area contributed by atoms with E-state index in [2.05, 4.69) is 79.0 Å². The van der Waals surface area contributed by atoms with Crippen molar-refractivity contribution in [2.24, 2.45) is 0 Å². The second-order valence-corrected chi connectivity index (χ2v) is 3.99. The molecule has 1 nitrogen and oxygen atoms in total. The van der Waals surface area contributed by atoms with Gasteiger partial charge in [0.05, 0.1) is 0 Å². The second kappa shape index (κ2) is 7.67. The van der Waals surface area contributed by atoms with Crippen LogP contribution in [0.15, 0.2) is 54.6 Å². The van der Waals surface area contributed by atoms with E-state index in [0.717, 1.165) is 5.69 Å². The van der Waals surface area contributed by atoms with Gasteiger partial charge < -0.3 is 0 Å². The summed E-state index contributed by atoms with van der Waals surface area (Å²) >= 11 is 4.64. The summed E-state index contributed by atoms with van der Waals surface area (Å²) in [6, 6.07) is 18.7. The molecule has 1 N–H and O–H groups in total. The van der Waals surface area contributed by atoms with Crippen molar-refractivity contribution in [3.8, 4) is 0 Å². The molecule has 0 saturated heterocycles. The van der Waals surface area contributed by atoms with Crippen LogP contribution in [0.3, 0.4) is 0 Å². The van der Waals surface area contributed by atoms with Crippen molar-refractivity contribution >= 4 is 23.0 Å². The van der Waals surface area contributed by atoms with Crippen molar-refractivity contribution in [1.82, 2.24) is 0 Å². The molecule has 94 valence electrons. The lowest BCUT2D eigenvalue weighted by Crippen LogP contribution is -2.65. The average Bonchev–Trinajstić information content (AvgIpc) is 2.42. The molecule has 0 spiro atoms. The van der Waals surface area contributed by atoms with Gasteiger partial charge in [-0.1, -0.05) is 30.3 Å². The number of hydrogen-bond acceptors (Lipinski definition) is 0. The normalized spacial score (nSPS) is 10.6. The van der Waals surface area contributed by atoms with Gasteiger partial charge in [0.25, 0.3) is 0 Å². The summed E-state index contributed by atoms with van der Waals surface area (Å²) in [5.41, 5.74) is 4.81. The first kappa shape index (κ1) is 14.5. The van der Waals surface area contributed by atoms with Crippen molar-refractivity contribution in [3.63, 3.8) is 0 Å². The number of aryl methyl sites for hydroxylation is 1. The van der Waals surface area contributed by atoms with E-state index in [-0.39, 0.29) is 0 Å². The van der Waals surface area contributed by atoms with E-state index in [1.165, 1.54) is 23.2 Å². The molecule has 0 atom stereocenters. The maximum atomic E-state index is 4.64. The Morgan fingerprint density at radius 1 is 0.944 bits per heavy atom. The quantitative estimate of drug-likeness (QED) is 0.630. The second-order valence-electron chi connectivity index (χ2n) is 3.99. The Kier molecular flexibility index (Phi) is 6.16. The van der Waals surface area contributed by atoms with Crippen LogP contribution in [0.2, 0.25) is 0 Å². The Balaban J connectivity index is 0.000000771. The summed E-state index contributed by atoms with van der Waals surface area (Å²) in [4.78, 5) is 3.42. The third kappa shape index (κ3) is 4.34. The Bertz CT molecular complexity index is 504. The molecule has 2 rings (SSSR count). The third-order valence-corrected chi connectivity index (χ3v) is 2.56. The SMILES string of the molecule is CC(=[NH+]c1cccc(C)c1)c1ccccc1.CCl. The summed E-state index contributed by atoms with van der Waals surface area (Å²) in [6.07, 6.45) is 1.47. The van der Waals surface area contributed by atoms with Gasteiger partial charge in [-0.25, -0.2) is 4.99 Å². The molecule has 18 heavy (non-hydrogen) atoms. The minimum atomic E-state index is 1.14. The molecule has 0 aliphatic carbocycles. The van der Waals surface area contributed by atoms with Crippen LogP contribution in [-0.4, -0.2) is 12.1 Å². The number of nitrogens with one attached hydrogen (secondary N) is 1. The van der Waals surface area contributed by atoms with Crippen LogP contribution >= 0.6 is 11.6 Å². The van der Waals surface area contributed by atoms with Crippen molar-refractivity contribution in [2.75, 3.05) is 6.38 Å². The lowest BCUT2D eigenvalue weighted by molar-refractivity contribution is -0.353. The zero-order valence-corrected chi connectivity index (χ0v) is 11.8. The summed E-state index contributed by atoms with van der Waals surface area (Å²) < 4.78 is 0. The van der Waals surface area contributed by atoms with Gasteiger partial charge in [-0.15, -0.1) is 11.6 Å². The van der Waals surface area contributed by atoms with Gasteiger partial charge in [0.15, 0.2) is 5.71 Å². The van der Waals surface area contributed by atoms with Crippen molar-refractivity contribution in [2.45, 2.75) is 13.8 Å². The number of benzene rings is 2. The van der Waals surface area contributed by atoms with Gasteiger partial charge >= 0.3 is 0 Å². The highest BCUT2D eigenvalue weighted by atomic mass is 35.5. The summed E-state index contributed by atoms with van der Waals surface area (Å²) in [6.45, 7) is 4.20. The third-order valence-electron chi connectivity index (χ3n) is 2.56. The zero-order valence-electron chi connectivity index (χ0n) is 11.1. The van der Waals surface area contributed by atoms with Gasteiger partial charge in [0, 0.05) is 31.0 Å². The number of hydrogen-bond donors (Lipinski definition) is 1. The number of rotatable bonds is 2. The molecular formula is C16H19ClN+. The highest BCUT2D eigenvalue weighted by Gasteiger charge is 2.03. The molecule has 2 aromatic carbocycles. The largest absolute Gasteiger partial charge is 0.209 e. The van der Waals surface area contributed by atoms with E-state index in [9.17, 15) is 0 Å². The van der Waals surface area contributed by atoms with Gasteiger partial charge in [0.2, 0.25) is 5.69 Å². The van der Waals surface area contributed by atoms with Crippen molar-refractivity contribution in [1.29, 1.82) is 0 Å². The van der Waals surface area contributed by atoms with Gasteiger partial charge in [-0.05, 0) is 24.6 Å². The summed E-state index contributed by atoms with van der Waals surface area (Å²) in [5, 5.41) is 0. The molecule has 0 aliphatic heterocycles. The highest BCUT2D eigenvalue weighted by Crippen LogP contribution is 2.03. The fourth-order valence-corrected chi connectivity index (χ4v) is 1.70. The molecule has 0 aliphatic rings. The number of halogens is 1. The maximum absolute atomic E-state index is 4.64. The first-order chi connectivity index (χ1) is 8.75. The smallest absolute Gasteiger partial charge is 0.203 e. The van der Waals surface area contributed by atoms with E-state index < -0.39 is 0 Å². The molecule has 0 radical (unpaired) electrons. The summed E-state index contributed by atoms with van der Waals surface area (Å²) in [5.74, 6) is 0. The van der Waals surface area contributed by atoms with Gasteiger partial charge in [0.1, 0.15) is 0 Å². The van der Waals surface area contributed by atoms with E-state index >= 15 is 0 Å². The van der Waals surface area contributed by atoms with Crippen LogP contribution in [0.1, 0.15) is 18.1 Å². The molecule has 0 bridgehead atoms. The predicted molar refractivity (Wildman–Crippen MR) is 79.8 cm³/mol. The van der Waals surface area contributed by atoms with E-state index in [1.54, 1.807) is 0 Å². The van der Waals surface area contributed by atoms with Crippen molar-refractivity contribution < 1.29 is 4.99 Å². The van der Waals surface area contributed by atoms with E-state index in [0.29, 0.717) is 0 Å². The minimum Gasteiger partial charge on any atom is -0.209 e. The summed E-state index contributed by atoms with van der Waals surface area (Å²) in [7, 11) is 0. The van der Waals surface area contributed by atoms with Gasteiger partial charge in [-0.3, -0.25) is 0 Å². The fourth-order valence-electron chi connectivity index (χ4n) is 1.70. The fraction of sp³-hybridized carbons (Fsp3) is 0.188. The molecule has 0 saturated carbocycles. The molecule has 0 heterocycles. The molecule has 0 unspecified atom stereocenters. The first-order valence-electron chi connectivity index (χ1n) is 5.86. The standard InChI is InChI=1S/C15H15N.CH3Cl/c1-12-7-6-10-15(11-12)16-13(2)14-8-4-3-5-9-14;1-2/h3-11H,1-2H3;1H3/p+1. The van der Waals surface area contributed by atoms with Crippen LogP contribution in [0.5, 0.6) is 0 Å². The minimum absolute atomic E-state index is 1.14. The Morgan fingerprint density at radius 2 is 1.61 bits per heavy atom. The molecule has 2 heteroatoms. The monoisotopic (exact) mass is 260 g/mol. The lowest BCUT2D eigenvalue weighted by Gasteiger charge is -1.95. The van der Waals surface area contributed by atoms with Crippen LogP contribution < -0.4 is 4.99 Å². The maximum Gasteiger partial charge on any atom is 0.203 e. The predicted octanol–water partition coefficient (Wildman–Crippen LogP) is 3.07. The Morgan fingerprint density at radius 3 is 2.22 bits per heavy atom. The van der Waals surface area contributed by atoms with E-state index in [4.69, 9.17) is 0 Å². The topological polar surface area (TPSA) is 14.0 Å². The van der Waals surface area contributed by atoms with Crippen LogP contribution in [0.25, 0.3) is 0 Å². The zero-order chi connectivity index (χ0) is 13.4. The van der Waals surface area contributed by atoms with E-state index in [1.807, 2.05) is 6.07 Å². The van der Waals surface area contributed by atoms with Gasteiger partial charge in [-0.2, -0.15) is 0 Å². The lowest BCUT2D eigenvalue weighted by atomic mass is 10.1. The average molecular weight is 261 g/mol. The van der Waals surface area contributed by atoms with Crippen molar-refractivity contribution in [3.05, 3.63) is 65.7 Å². The highest BCUT2D eigenvalue weighted by molar-refractivity contribution is 6.15.